The molecule has 1 amide bonds. The Morgan fingerprint density at radius 2 is 2.12 bits per heavy atom. The topological polar surface area (TPSA) is 67.2 Å². The molecule has 2 fully saturated rings. The fraction of sp³-hybridized carbons (Fsp3) is 0.500. The van der Waals surface area contributed by atoms with Gasteiger partial charge in [0.25, 0.3) is 5.91 Å². The number of aliphatic hydroxyl groups is 1. The highest BCUT2D eigenvalue weighted by atomic mass is 16.3. The number of carbonyl (C=O) groups excluding carboxylic acids is 1. The summed E-state index contributed by atoms with van der Waals surface area (Å²) >= 11 is 0. The van der Waals surface area contributed by atoms with Crippen LogP contribution in [0.3, 0.4) is 0 Å². The average molecular weight is 339 g/mol. The Kier molecular flexibility index (Phi) is 4.12. The van der Waals surface area contributed by atoms with Crippen LogP contribution in [0.25, 0.3) is 0 Å². The maximum Gasteiger partial charge on any atom is 0.251 e. The second kappa shape index (κ2) is 6.30. The smallest absolute Gasteiger partial charge is 0.251 e. The lowest BCUT2D eigenvalue weighted by Gasteiger charge is -2.19. The van der Waals surface area contributed by atoms with Gasteiger partial charge in [-0.25, -0.2) is 0 Å². The minimum Gasteiger partial charge on any atom is -0.391 e. The molecule has 2 saturated carbocycles. The van der Waals surface area contributed by atoms with Gasteiger partial charge in [0.2, 0.25) is 0 Å². The molecule has 1 heterocycles. The van der Waals surface area contributed by atoms with Crippen LogP contribution in [0.15, 0.2) is 42.7 Å². The molecule has 2 aliphatic rings. The number of rotatable bonds is 5. The van der Waals surface area contributed by atoms with Crippen LogP contribution in [-0.2, 0) is 12.0 Å². The van der Waals surface area contributed by atoms with Crippen LogP contribution < -0.4 is 5.32 Å². The van der Waals surface area contributed by atoms with Crippen LogP contribution in [0.1, 0.15) is 48.5 Å². The van der Waals surface area contributed by atoms with Gasteiger partial charge in [-0.15, -0.1) is 0 Å². The van der Waals surface area contributed by atoms with E-state index < -0.39 is 6.10 Å². The zero-order valence-corrected chi connectivity index (χ0v) is 14.6. The van der Waals surface area contributed by atoms with E-state index in [1.807, 2.05) is 35.1 Å². The van der Waals surface area contributed by atoms with Crippen molar-refractivity contribution < 1.29 is 9.90 Å². The Labute approximate surface area is 148 Å². The number of benzene rings is 1. The molecule has 1 aromatic heterocycles. The highest BCUT2D eigenvalue weighted by Crippen LogP contribution is 2.48. The first-order valence-electron chi connectivity index (χ1n) is 9.11. The molecule has 25 heavy (non-hydrogen) atoms. The van der Waals surface area contributed by atoms with Crippen molar-refractivity contribution in [3.8, 4) is 0 Å². The summed E-state index contributed by atoms with van der Waals surface area (Å²) in [5.74, 6) is 0.268. The third kappa shape index (κ3) is 3.33. The maximum atomic E-state index is 12.8. The largest absolute Gasteiger partial charge is 0.391 e. The van der Waals surface area contributed by atoms with Gasteiger partial charge in [-0.2, -0.15) is 5.10 Å². The quantitative estimate of drug-likeness (QED) is 0.879. The Balaban J connectivity index is 1.43. The highest BCUT2D eigenvalue weighted by Gasteiger charge is 2.42. The molecule has 1 aromatic carbocycles. The molecule has 2 aromatic rings. The zero-order chi connectivity index (χ0) is 17.4. The second-order valence-corrected chi connectivity index (χ2v) is 7.82. The molecule has 0 spiro atoms. The summed E-state index contributed by atoms with van der Waals surface area (Å²) in [6.45, 7) is 2.99. The van der Waals surface area contributed by atoms with E-state index in [-0.39, 0.29) is 17.4 Å². The Bertz CT molecular complexity index is 752. The Morgan fingerprint density at radius 1 is 1.32 bits per heavy atom. The molecular weight excluding hydrogens is 314 g/mol. The first-order chi connectivity index (χ1) is 12.0. The van der Waals surface area contributed by atoms with Gasteiger partial charge in [0.1, 0.15) is 0 Å². The van der Waals surface area contributed by atoms with Crippen LogP contribution in [0.2, 0.25) is 0 Å². The first-order valence-corrected chi connectivity index (χ1v) is 9.11. The Hall–Kier alpha value is -2.14. The van der Waals surface area contributed by atoms with Crippen LogP contribution in [0.5, 0.6) is 0 Å². The van der Waals surface area contributed by atoms with Crippen molar-refractivity contribution in [1.29, 1.82) is 0 Å². The molecular formula is C20H25N3O2. The average Bonchev–Trinajstić information content (AvgIpc) is 3.00. The number of nitrogens with one attached hydrogen (secondary N) is 1. The molecule has 0 aliphatic heterocycles. The van der Waals surface area contributed by atoms with Crippen molar-refractivity contribution in [3.63, 3.8) is 0 Å². The van der Waals surface area contributed by atoms with E-state index >= 15 is 0 Å². The number of hydrogen-bond acceptors (Lipinski definition) is 3. The molecule has 0 bridgehead atoms. The lowest BCUT2D eigenvalue weighted by atomic mass is 9.92. The summed E-state index contributed by atoms with van der Waals surface area (Å²) in [5, 5.41) is 17.7. The number of hydrogen-bond donors (Lipinski definition) is 2. The third-order valence-electron chi connectivity index (χ3n) is 5.77. The van der Waals surface area contributed by atoms with Gasteiger partial charge in [0.05, 0.1) is 12.1 Å². The van der Waals surface area contributed by atoms with Crippen LogP contribution >= 0.6 is 0 Å². The summed E-state index contributed by atoms with van der Waals surface area (Å²) in [7, 11) is 0. The highest BCUT2D eigenvalue weighted by molar-refractivity contribution is 5.96. The zero-order valence-electron chi connectivity index (χ0n) is 14.6. The van der Waals surface area contributed by atoms with E-state index in [1.165, 1.54) is 0 Å². The monoisotopic (exact) mass is 339 g/mol. The van der Waals surface area contributed by atoms with Crippen molar-refractivity contribution in [2.24, 2.45) is 5.92 Å². The maximum absolute atomic E-state index is 12.8. The van der Waals surface area contributed by atoms with E-state index in [9.17, 15) is 9.90 Å². The fourth-order valence-corrected chi connectivity index (χ4v) is 4.01. The number of aromatic nitrogens is 2. The molecule has 2 N–H and O–H groups in total. The number of nitrogens with zero attached hydrogens (tertiary/aromatic N) is 2. The summed E-state index contributed by atoms with van der Waals surface area (Å²) in [5.41, 5.74) is 2.03. The molecule has 132 valence electrons. The lowest BCUT2D eigenvalue weighted by Crippen LogP contribution is -2.40. The number of carbonyl (C=O) groups is 1. The summed E-state index contributed by atoms with van der Waals surface area (Å²) in [4.78, 5) is 12.8. The summed E-state index contributed by atoms with van der Waals surface area (Å²) in [6, 6.07) is 9.59. The van der Waals surface area contributed by atoms with Gasteiger partial charge in [-0.3, -0.25) is 9.48 Å². The van der Waals surface area contributed by atoms with Gasteiger partial charge in [0.15, 0.2) is 0 Å². The van der Waals surface area contributed by atoms with E-state index in [1.54, 1.807) is 6.20 Å². The third-order valence-corrected chi connectivity index (χ3v) is 5.77. The Morgan fingerprint density at radius 3 is 2.84 bits per heavy atom. The standard InChI is InChI=1S/C20H25N3O2/c1-20(7-8-20)16-6-3-2-5-15(16)19(25)22-17-11-14(12-18(17)24)13-23-10-4-9-21-23/h2-6,9-10,14,17-18,24H,7-8,11-13H2,1H3,(H,22,25)/t14?,17-,18-/m1/s1. The molecule has 0 saturated heterocycles. The molecule has 4 rings (SSSR count). The fourth-order valence-electron chi connectivity index (χ4n) is 4.01. The van der Waals surface area contributed by atoms with E-state index in [0.29, 0.717) is 12.3 Å². The van der Waals surface area contributed by atoms with Gasteiger partial charge in [-0.05, 0) is 54.7 Å². The minimum absolute atomic E-state index is 0.0625. The van der Waals surface area contributed by atoms with Crippen molar-refractivity contribution >= 4 is 5.91 Å². The van der Waals surface area contributed by atoms with Crippen LogP contribution in [-0.4, -0.2) is 32.9 Å². The molecule has 5 heteroatoms. The van der Waals surface area contributed by atoms with Gasteiger partial charge >= 0.3 is 0 Å². The van der Waals surface area contributed by atoms with Gasteiger partial charge in [0, 0.05) is 24.5 Å². The SMILES string of the molecule is CC1(c2ccccc2C(=O)N[C@@H]2CC(Cn3cccn3)C[C@H]2O)CC1. The van der Waals surface area contributed by atoms with E-state index in [0.717, 1.165) is 36.9 Å². The predicted octanol–water partition coefficient (Wildman–Crippen LogP) is 2.50. The lowest BCUT2D eigenvalue weighted by molar-refractivity contribution is 0.0871. The van der Waals surface area contributed by atoms with E-state index in [4.69, 9.17) is 0 Å². The van der Waals surface area contributed by atoms with E-state index in [2.05, 4.69) is 23.4 Å². The number of amides is 1. The minimum atomic E-state index is -0.492. The first kappa shape index (κ1) is 16.3. The van der Waals surface area contributed by atoms with Crippen molar-refractivity contribution in [2.75, 3.05) is 0 Å². The van der Waals surface area contributed by atoms with Gasteiger partial charge in [-0.1, -0.05) is 25.1 Å². The summed E-state index contributed by atoms with van der Waals surface area (Å²) in [6.07, 6.45) is 6.96. The normalized spacial score (nSPS) is 27.2. The van der Waals surface area contributed by atoms with Crippen LogP contribution in [0.4, 0.5) is 0 Å². The molecule has 2 aliphatic carbocycles. The van der Waals surface area contributed by atoms with Crippen molar-refractivity contribution in [2.45, 2.75) is 56.7 Å². The van der Waals surface area contributed by atoms with Crippen LogP contribution in [0, 0.1) is 5.92 Å². The second-order valence-electron chi connectivity index (χ2n) is 7.82. The van der Waals surface area contributed by atoms with Crippen molar-refractivity contribution in [1.82, 2.24) is 15.1 Å². The van der Waals surface area contributed by atoms with Gasteiger partial charge < -0.3 is 10.4 Å². The summed E-state index contributed by atoms with van der Waals surface area (Å²) < 4.78 is 1.89. The molecule has 3 atom stereocenters. The number of aliphatic hydroxyl groups excluding tert-OH is 1. The molecule has 0 radical (unpaired) electrons. The molecule has 5 nitrogen and oxygen atoms in total. The predicted molar refractivity (Wildman–Crippen MR) is 95.2 cm³/mol. The molecule has 1 unspecified atom stereocenters. The van der Waals surface area contributed by atoms with Crippen molar-refractivity contribution in [3.05, 3.63) is 53.9 Å².